The Morgan fingerprint density at radius 2 is 0.711 bits per heavy atom. The van der Waals surface area contributed by atoms with Crippen molar-refractivity contribution >= 4 is 41.6 Å². The van der Waals surface area contributed by atoms with Gasteiger partial charge in [0.05, 0.1) is 41.9 Å². The van der Waals surface area contributed by atoms with Crippen LogP contribution in [0.2, 0.25) is 0 Å². The summed E-state index contributed by atoms with van der Waals surface area (Å²) in [6, 6.07) is 36.8. The molecule has 76 heavy (non-hydrogen) atoms. The summed E-state index contributed by atoms with van der Waals surface area (Å²) in [5.41, 5.74) is 9.99. The van der Waals surface area contributed by atoms with Crippen LogP contribution in [0.4, 0.5) is 4.39 Å². The molecule has 0 aliphatic carbocycles. The van der Waals surface area contributed by atoms with Gasteiger partial charge in [0.2, 0.25) is 6.79 Å². The van der Waals surface area contributed by atoms with Gasteiger partial charge in [0.15, 0.2) is 11.5 Å². The number of ether oxygens (including phenoxy) is 2. The molecule has 0 saturated heterocycles. The molecular weight excluding hydrogens is 996 g/mol. The fourth-order valence-electron chi connectivity index (χ4n) is 7.56. The first-order valence-corrected chi connectivity index (χ1v) is 22.8. The average Bonchev–Trinajstić information content (AvgIpc) is 3.88. The minimum atomic E-state index is -1.05. The smallest absolute Gasteiger partial charge is 0.335 e. The minimum Gasteiger partial charge on any atom is -0.478 e. The maximum absolute atomic E-state index is 13.0. The van der Waals surface area contributed by atoms with Crippen molar-refractivity contribution in [2.75, 3.05) is 26.4 Å². The predicted molar refractivity (Wildman–Crippen MR) is 265 cm³/mol. The number of halogens is 1. The highest BCUT2D eigenvalue weighted by atomic mass is 19.1. The number of nitrogens with zero attached hydrogens (tertiary/aromatic N) is 3. The van der Waals surface area contributed by atoms with Gasteiger partial charge < -0.3 is 29.9 Å². The van der Waals surface area contributed by atoms with E-state index in [0.29, 0.717) is 55.3 Å². The summed E-state index contributed by atoms with van der Waals surface area (Å²) in [6.45, 7) is 1.88. The summed E-state index contributed by atoms with van der Waals surface area (Å²) >= 11 is 0. The molecule has 6 aromatic rings. The van der Waals surface area contributed by atoms with Gasteiger partial charge in [-0.25, -0.2) is 40.0 Å². The normalized spacial score (nSPS) is 11.1. The zero-order valence-corrected chi connectivity index (χ0v) is 40.4. The molecule has 0 atom stereocenters. The van der Waals surface area contributed by atoms with Crippen LogP contribution in [-0.4, -0.2) is 119 Å². The van der Waals surface area contributed by atoms with Crippen LogP contribution in [0.5, 0.6) is 11.5 Å². The SMILES string of the molecule is O=C(CN(Cc1ccc(C(=O)O)cc1)Cc1cccc(C(=O)O)c1)NO.O=C(CN(Cc1ccc(F)cc1)Cc1cccc(C(=O)O)c1)NO.O=C(CN(Cc1cccc(C(=O)O)c1)Cc1ccc2c(c1)OCO2)NO. The van der Waals surface area contributed by atoms with E-state index in [0.717, 1.165) is 22.3 Å². The molecule has 0 bridgehead atoms. The standard InChI is InChI=1S/2C18H18N2O6.C17H17FN2O4/c21-17(19-24)10-20(8-12-2-1-3-14(6-12)18(22)23)9-13-4-5-15-16(7-13)26-11-25-15;21-16(19-26)11-20(9-12-4-6-14(7-5-12)17(22)23)10-13-2-1-3-15(8-13)18(24)25;18-15-6-4-12(5-7-15)9-20(11-16(21)19-24)10-13-2-1-3-14(8-13)17(22)23/h1-7,24H,8-11H2,(H,19,21)(H,22,23);1-8,26H,9-11H2,(H,19,21)(H,22,23)(H,24,25);1-8,24H,9-11H2,(H,19,21)(H,22,23). The highest BCUT2D eigenvalue weighted by molar-refractivity contribution is 5.89. The zero-order chi connectivity index (χ0) is 55.1. The van der Waals surface area contributed by atoms with E-state index in [2.05, 4.69) is 0 Å². The predicted octanol–water partition coefficient (Wildman–Crippen LogP) is 5.24. The first-order valence-electron chi connectivity index (χ1n) is 22.8. The Kier molecular flexibility index (Phi) is 22.0. The van der Waals surface area contributed by atoms with E-state index in [-0.39, 0.29) is 61.0 Å². The summed E-state index contributed by atoms with van der Waals surface area (Å²) in [7, 11) is 0. The van der Waals surface area contributed by atoms with Gasteiger partial charge in [-0.15, -0.1) is 0 Å². The van der Waals surface area contributed by atoms with E-state index in [1.807, 2.05) is 12.1 Å². The van der Waals surface area contributed by atoms with Crippen LogP contribution in [0.3, 0.4) is 0 Å². The van der Waals surface area contributed by atoms with E-state index in [4.69, 9.17) is 45.5 Å². The third kappa shape index (κ3) is 19.1. The highest BCUT2D eigenvalue weighted by Crippen LogP contribution is 2.33. The fraction of sp³-hybridized carbons (Fsp3) is 0.189. The van der Waals surface area contributed by atoms with Crippen LogP contribution in [-0.2, 0) is 53.7 Å². The molecule has 0 aromatic heterocycles. The van der Waals surface area contributed by atoms with Crippen LogP contribution in [0.25, 0.3) is 0 Å². The lowest BCUT2D eigenvalue weighted by atomic mass is 10.1. The Bertz CT molecular complexity index is 2980. The zero-order valence-electron chi connectivity index (χ0n) is 40.4. The van der Waals surface area contributed by atoms with Crippen molar-refractivity contribution in [1.29, 1.82) is 0 Å². The quantitative estimate of drug-likeness (QED) is 0.0307. The Labute approximate surface area is 433 Å². The first kappa shape index (κ1) is 57.8. The summed E-state index contributed by atoms with van der Waals surface area (Å²) in [5, 5.41) is 62.5. The molecule has 0 saturated carbocycles. The lowest BCUT2D eigenvalue weighted by Crippen LogP contribution is -2.35. The van der Waals surface area contributed by atoms with Gasteiger partial charge in [-0.3, -0.25) is 44.7 Å². The number of carboxylic acid groups (broad SMARTS) is 4. The van der Waals surface area contributed by atoms with Gasteiger partial charge in [0.1, 0.15) is 5.82 Å². The molecule has 0 unspecified atom stereocenters. The Morgan fingerprint density at radius 1 is 0.395 bits per heavy atom. The number of fused-ring (bicyclic) bond motifs is 1. The highest BCUT2D eigenvalue weighted by Gasteiger charge is 2.19. The van der Waals surface area contributed by atoms with E-state index in [9.17, 15) is 38.0 Å². The van der Waals surface area contributed by atoms with Crippen molar-refractivity contribution < 1.29 is 83.5 Å². The molecule has 22 nitrogen and oxygen atoms in total. The van der Waals surface area contributed by atoms with Crippen molar-refractivity contribution in [2.24, 2.45) is 0 Å². The Morgan fingerprint density at radius 3 is 1.07 bits per heavy atom. The third-order valence-electron chi connectivity index (χ3n) is 11.0. The number of hydrogen-bond acceptors (Lipinski definition) is 15. The van der Waals surface area contributed by atoms with Crippen LogP contribution >= 0.6 is 0 Å². The lowest BCUT2D eigenvalue weighted by molar-refractivity contribution is -0.131. The number of carboxylic acids is 4. The second-order valence-corrected chi connectivity index (χ2v) is 16.9. The molecule has 1 aliphatic rings. The van der Waals surface area contributed by atoms with Crippen LogP contribution in [0.15, 0.2) is 140 Å². The maximum Gasteiger partial charge on any atom is 0.335 e. The molecule has 6 aromatic carbocycles. The molecule has 23 heteroatoms. The molecule has 10 N–H and O–H groups in total. The van der Waals surface area contributed by atoms with Crippen molar-refractivity contribution in [3.05, 3.63) is 201 Å². The fourth-order valence-corrected chi connectivity index (χ4v) is 7.56. The van der Waals surface area contributed by atoms with Crippen LogP contribution in [0.1, 0.15) is 74.8 Å². The topological polar surface area (TPSA) is 325 Å². The molecule has 3 amide bonds. The summed E-state index contributed by atoms with van der Waals surface area (Å²) in [5.74, 6) is -4.92. The molecule has 398 valence electrons. The molecule has 1 heterocycles. The molecule has 0 radical (unpaired) electrons. The number of hydroxylamine groups is 3. The summed E-state index contributed by atoms with van der Waals surface area (Å²) < 4.78 is 23.6. The van der Waals surface area contributed by atoms with E-state index >= 15 is 0 Å². The lowest BCUT2D eigenvalue weighted by Gasteiger charge is -2.21. The number of rotatable bonds is 22. The molecule has 7 rings (SSSR count). The van der Waals surface area contributed by atoms with Crippen molar-refractivity contribution in [3.63, 3.8) is 0 Å². The number of carbonyl (C=O) groups excluding carboxylic acids is 3. The van der Waals surface area contributed by atoms with Gasteiger partial charge in [-0.1, -0.05) is 66.7 Å². The summed E-state index contributed by atoms with van der Waals surface area (Å²) in [6.07, 6.45) is 0. The van der Waals surface area contributed by atoms with Crippen molar-refractivity contribution in [1.82, 2.24) is 31.1 Å². The number of nitrogens with one attached hydrogen (secondary N) is 3. The number of benzene rings is 6. The summed E-state index contributed by atoms with van der Waals surface area (Å²) in [4.78, 5) is 84.0. The molecule has 1 aliphatic heterocycles. The third-order valence-corrected chi connectivity index (χ3v) is 11.0. The van der Waals surface area contributed by atoms with Crippen molar-refractivity contribution in [3.8, 4) is 11.5 Å². The molecular formula is C53H53FN6O16. The second-order valence-electron chi connectivity index (χ2n) is 16.9. The van der Waals surface area contributed by atoms with Crippen LogP contribution < -0.4 is 25.9 Å². The van der Waals surface area contributed by atoms with Crippen molar-refractivity contribution in [2.45, 2.75) is 39.3 Å². The Balaban J connectivity index is 0.000000211. The number of hydrogen-bond donors (Lipinski definition) is 10. The first-order chi connectivity index (χ1) is 36.4. The molecule has 0 spiro atoms. The van der Waals surface area contributed by atoms with E-state index in [1.165, 1.54) is 54.6 Å². The number of amides is 3. The van der Waals surface area contributed by atoms with Crippen LogP contribution in [0, 0.1) is 5.82 Å². The number of carbonyl (C=O) groups is 7. The maximum atomic E-state index is 13.0. The molecule has 0 fully saturated rings. The largest absolute Gasteiger partial charge is 0.478 e. The van der Waals surface area contributed by atoms with Gasteiger partial charge in [0.25, 0.3) is 17.7 Å². The van der Waals surface area contributed by atoms with E-state index < -0.39 is 41.6 Å². The second kappa shape index (κ2) is 29.0. The van der Waals surface area contributed by atoms with Gasteiger partial charge in [0, 0.05) is 39.3 Å². The Hall–Kier alpha value is -9.10. The number of aromatic carboxylic acids is 4. The minimum absolute atomic E-state index is 0.0533. The van der Waals surface area contributed by atoms with Gasteiger partial charge in [-0.2, -0.15) is 0 Å². The monoisotopic (exact) mass is 1050 g/mol. The van der Waals surface area contributed by atoms with E-state index in [1.54, 1.807) is 104 Å². The van der Waals surface area contributed by atoms with Gasteiger partial charge in [-0.05, 0) is 106 Å². The van der Waals surface area contributed by atoms with Gasteiger partial charge >= 0.3 is 23.9 Å². The average molecular weight is 1050 g/mol.